The van der Waals surface area contributed by atoms with Crippen LogP contribution in [0.4, 0.5) is 0 Å². The molecule has 0 saturated heterocycles. The van der Waals surface area contributed by atoms with E-state index in [1.165, 1.54) is 7.11 Å². The lowest BCUT2D eigenvalue weighted by molar-refractivity contribution is -0.0156. The van der Waals surface area contributed by atoms with Gasteiger partial charge in [-0.25, -0.2) is 0 Å². The standard InChI is InChI=1S/C12H22N2O3/c1-7(2)11(15)12(16)10-9(17-5)6-13-14(10)8(3)4/h6-8,11-12,15-16H,1-5H3. The van der Waals surface area contributed by atoms with Crippen LogP contribution in [0, 0.1) is 5.92 Å². The van der Waals surface area contributed by atoms with E-state index in [2.05, 4.69) is 5.10 Å². The average Bonchev–Trinajstić information content (AvgIpc) is 2.70. The summed E-state index contributed by atoms with van der Waals surface area (Å²) in [4.78, 5) is 0. The van der Waals surface area contributed by atoms with Gasteiger partial charge >= 0.3 is 0 Å². The maximum absolute atomic E-state index is 10.2. The first-order valence-electron chi connectivity index (χ1n) is 5.87. The lowest BCUT2D eigenvalue weighted by Crippen LogP contribution is -2.27. The molecule has 1 aromatic heterocycles. The first-order chi connectivity index (χ1) is 7.90. The zero-order valence-electron chi connectivity index (χ0n) is 11.1. The van der Waals surface area contributed by atoms with Crippen molar-refractivity contribution in [1.29, 1.82) is 0 Å². The maximum atomic E-state index is 10.2. The molecule has 0 aromatic carbocycles. The second-order valence-electron chi connectivity index (χ2n) is 4.82. The molecule has 1 heterocycles. The topological polar surface area (TPSA) is 67.5 Å². The van der Waals surface area contributed by atoms with Crippen LogP contribution in [-0.4, -0.2) is 33.2 Å². The molecule has 0 bridgehead atoms. The minimum atomic E-state index is -0.991. The predicted octanol–water partition coefficient (Wildman–Crippen LogP) is 1.52. The molecule has 2 unspecified atom stereocenters. The van der Waals surface area contributed by atoms with Crippen LogP contribution in [0.3, 0.4) is 0 Å². The molecule has 0 aliphatic heterocycles. The van der Waals surface area contributed by atoms with Crippen molar-refractivity contribution in [2.24, 2.45) is 5.92 Å². The fourth-order valence-corrected chi connectivity index (χ4v) is 1.73. The molecule has 1 aromatic rings. The van der Waals surface area contributed by atoms with E-state index in [-0.39, 0.29) is 12.0 Å². The van der Waals surface area contributed by atoms with Crippen LogP contribution in [0.2, 0.25) is 0 Å². The van der Waals surface area contributed by atoms with Crippen molar-refractivity contribution >= 4 is 0 Å². The van der Waals surface area contributed by atoms with Gasteiger partial charge in [-0.3, -0.25) is 4.68 Å². The minimum Gasteiger partial charge on any atom is -0.493 e. The Labute approximate surface area is 102 Å². The van der Waals surface area contributed by atoms with Gasteiger partial charge in [0.2, 0.25) is 0 Å². The number of aliphatic hydroxyl groups is 2. The number of ether oxygens (including phenoxy) is 1. The Morgan fingerprint density at radius 2 is 1.82 bits per heavy atom. The van der Waals surface area contributed by atoms with Crippen molar-refractivity contribution in [3.8, 4) is 5.75 Å². The third-order valence-electron chi connectivity index (χ3n) is 2.79. The lowest BCUT2D eigenvalue weighted by Gasteiger charge is -2.23. The molecule has 5 heteroatoms. The van der Waals surface area contributed by atoms with Gasteiger partial charge in [0.1, 0.15) is 11.8 Å². The zero-order valence-corrected chi connectivity index (χ0v) is 11.1. The molecule has 17 heavy (non-hydrogen) atoms. The normalized spacial score (nSPS) is 15.4. The van der Waals surface area contributed by atoms with Gasteiger partial charge in [-0.1, -0.05) is 13.8 Å². The van der Waals surface area contributed by atoms with Crippen LogP contribution in [0.15, 0.2) is 6.20 Å². The Morgan fingerprint density at radius 3 is 2.24 bits per heavy atom. The number of aromatic nitrogens is 2. The smallest absolute Gasteiger partial charge is 0.162 e. The van der Waals surface area contributed by atoms with E-state index in [0.717, 1.165) is 0 Å². The second-order valence-corrected chi connectivity index (χ2v) is 4.82. The van der Waals surface area contributed by atoms with Crippen LogP contribution >= 0.6 is 0 Å². The predicted molar refractivity (Wildman–Crippen MR) is 65.0 cm³/mol. The van der Waals surface area contributed by atoms with Gasteiger partial charge in [-0.05, 0) is 19.8 Å². The van der Waals surface area contributed by atoms with E-state index in [1.54, 1.807) is 10.9 Å². The van der Waals surface area contributed by atoms with E-state index in [9.17, 15) is 10.2 Å². The summed E-state index contributed by atoms with van der Waals surface area (Å²) >= 11 is 0. The number of aliphatic hydroxyl groups excluding tert-OH is 2. The number of rotatable bonds is 5. The molecule has 1 rings (SSSR count). The molecule has 5 nitrogen and oxygen atoms in total. The van der Waals surface area contributed by atoms with Crippen molar-refractivity contribution in [3.05, 3.63) is 11.9 Å². The summed E-state index contributed by atoms with van der Waals surface area (Å²) in [6.07, 6.45) is -0.265. The molecule has 0 aliphatic rings. The highest BCUT2D eigenvalue weighted by atomic mass is 16.5. The largest absolute Gasteiger partial charge is 0.493 e. The quantitative estimate of drug-likeness (QED) is 0.821. The van der Waals surface area contributed by atoms with Crippen molar-refractivity contribution in [1.82, 2.24) is 9.78 Å². The van der Waals surface area contributed by atoms with Gasteiger partial charge in [-0.2, -0.15) is 5.10 Å². The van der Waals surface area contributed by atoms with Gasteiger partial charge in [0.05, 0.1) is 19.4 Å². The highest BCUT2D eigenvalue weighted by molar-refractivity contribution is 5.28. The van der Waals surface area contributed by atoms with Crippen molar-refractivity contribution in [3.63, 3.8) is 0 Å². The number of nitrogens with zero attached hydrogens (tertiary/aromatic N) is 2. The monoisotopic (exact) mass is 242 g/mol. The SMILES string of the molecule is COc1cnn(C(C)C)c1C(O)C(O)C(C)C. The van der Waals surface area contributed by atoms with Gasteiger partial charge in [0, 0.05) is 6.04 Å². The Kier molecular flexibility index (Phi) is 4.54. The van der Waals surface area contributed by atoms with Crippen LogP contribution in [0.5, 0.6) is 5.75 Å². The zero-order chi connectivity index (χ0) is 13.2. The Morgan fingerprint density at radius 1 is 1.24 bits per heavy atom. The minimum absolute atomic E-state index is 0.0368. The molecule has 2 N–H and O–H groups in total. The number of methoxy groups -OCH3 is 1. The molecule has 0 radical (unpaired) electrons. The summed E-state index contributed by atoms with van der Waals surface area (Å²) in [6, 6.07) is 0.0999. The maximum Gasteiger partial charge on any atom is 0.162 e. The third kappa shape index (κ3) is 2.79. The average molecular weight is 242 g/mol. The van der Waals surface area contributed by atoms with Crippen LogP contribution < -0.4 is 4.74 Å². The summed E-state index contributed by atoms with van der Waals surface area (Å²) < 4.78 is 6.85. The second kappa shape index (κ2) is 5.51. The number of hydrogen-bond donors (Lipinski definition) is 2. The molecule has 0 saturated carbocycles. The third-order valence-corrected chi connectivity index (χ3v) is 2.79. The highest BCUT2D eigenvalue weighted by Gasteiger charge is 2.29. The Bertz CT molecular complexity index is 361. The fourth-order valence-electron chi connectivity index (χ4n) is 1.73. The molecular formula is C12H22N2O3. The van der Waals surface area contributed by atoms with Gasteiger partial charge < -0.3 is 14.9 Å². The lowest BCUT2D eigenvalue weighted by atomic mass is 9.99. The van der Waals surface area contributed by atoms with Gasteiger partial charge in [-0.15, -0.1) is 0 Å². The fraction of sp³-hybridized carbons (Fsp3) is 0.750. The van der Waals surface area contributed by atoms with Crippen LogP contribution in [0.1, 0.15) is 45.5 Å². The molecule has 0 aliphatic carbocycles. The Balaban J connectivity index is 3.13. The Hall–Kier alpha value is -1.07. The van der Waals surface area contributed by atoms with Crippen molar-refractivity contribution in [2.75, 3.05) is 7.11 Å². The highest BCUT2D eigenvalue weighted by Crippen LogP contribution is 2.31. The molecular weight excluding hydrogens is 220 g/mol. The van der Waals surface area contributed by atoms with E-state index < -0.39 is 12.2 Å². The first kappa shape index (κ1) is 14.0. The summed E-state index contributed by atoms with van der Waals surface area (Å²) in [5, 5.41) is 24.3. The van der Waals surface area contributed by atoms with Crippen LogP contribution in [-0.2, 0) is 0 Å². The summed E-state index contributed by atoms with van der Waals surface area (Å²) in [5.74, 6) is 0.469. The van der Waals surface area contributed by atoms with E-state index in [1.807, 2.05) is 27.7 Å². The summed E-state index contributed by atoms with van der Waals surface area (Å²) in [7, 11) is 1.53. The van der Waals surface area contributed by atoms with E-state index in [0.29, 0.717) is 11.4 Å². The molecule has 0 amide bonds. The van der Waals surface area contributed by atoms with E-state index >= 15 is 0 Å². The van der Waals surface area contributed by atoms with Gasteiger partial charge in [0.15, 0.2) is 5.75 Å². The molecule has 98 valence electrons. The van der Waals surface area contributed by atoms with Crippen molar-refractivity contribution < 1.29 is 14.9 Å². The van der Waals surface area contributed by atoms with Crippen molar-refractivity contribution in [2.45, 2.75) is 45.9 Å². The molecule has 0 fully saturated rings. The van der Waals surface area contributed by atoms with Crippen LogP contribution in [0.25, 0.3) is 0 Å². The molecule has 2 atom stereocenters. The first-order valence-corrected chi connectivity index (χ1v) is 5.87. The molecule has 0 spiro atoms. The van der Waals surface area contributed by atoms with E-state index in [4.69, 9.17) is 4.74 Å². The summed E-state index contributed by atoms with van der Waals surface area (Å²) in [5.41, 5.74) is 0.531. The summed E-state index contributed by atoms with van der Waals surface area (Å²) in [6.45, 7) is 7.64. The van der Waals surface area contributed by atoms with Gasteiger partial charge in [0.25, 0.3) is 0 Å². The number of hydrogen-bond acceptors (Lipinski definition) is 4.